The van der Waals surface area contributed by atoms with Crippen LogP contribution in [0.25, 0.3) is 22.2 Å². The topological polar surface area (TPSA) is 38.2 Å². The van der Waals surface area contributed by atoms with Crippen LogP contribution >= 0.6 is 23.4 Å². The van der Waals surface area contributed by atoms with Gasteiger partial charge in [0.25, 0.3) is 0 Å². The van der Waals surface area contributed by atoms with Crippen molar-refractivity contribution in [3.63, 3.8) is 0 Å². The van der Waals surface area contributed by atoms with E-state index in [1.807, 2.05) is 18.3 Å². The van der Waals surface area contributed by atoms with Gasteiger partial charge in [0.05, 0.1) is 38.1 Å². The number of nitrogens with zero attached hydrogens (tertiary/aromatic N) is 3. The molecule has 5 aromatic carbocycles. The van der Waals surface area contributed by atoms with Crippen molar-refractivity contribution in [2.45, 2.75) is 15.2 Å². The van der Waals surface area contributed by atoms with Gasteiger partial charge in [-0.15, -0.1) is 0 Å². The highest BCUT2D eigenvalue weighted by Gasteiger charge is 2.53. The van der Waals surface area contributed by atoms with Gasteiger partial charge < -0.3 is 9.64 Å². The number of benzene rings is 5. The summed E-state index contributed by atoms with van der Waals surface area (Å²) in [5.74, 6) is 1.66. The van der Waals surface area contributed by atoms with Crippen molar-refractivity contribution in [1.29, 1.82) is 0 Å². The standard InChI is InChI=1S/C39H22ClN3OS/c40-25-21-30-36(42-22-25)35-28(11-7-19-41-35)39(30)27-10-3-6-14-34(27)45-38-29(39)17-18-32-37(38)44-33-13-5-4-12-31(33)43(32)26-16-15-23-8-1-2-9-24(23)20-26/h1-22H. The molecule has 1 aliphatic carbocycles. The van der Waals surface area contributed by atoms with Crippen LogP contribution in [0.15, 0.2) is 144 Å². The average Bonchev–Trinajstić information content (AvgIpc) is 3.37. The van der Waals surface area contributed by atoms with Gasteiger partial charge in [-0.2, -0.15) is 0 Å². The first-order valence-corrected chi connectivity index (χ1v) is 16.0. The molecule has 0 saturated heterocycles. The van der Waals surface area contributed by atoms with E-state index in [2.05, 4.69) is 114 Å². The van der Waals surface area contributed by atoms with Crippen molar-refractivity contribution >= 4 is 51.2 Å². The lowest BCUT2D eigenvalue weighted by Crippen LogP contribution is -2.32. The Balaban J connectivity index is 1.29. The molecule has 3 aliphatic rings. The molecule has 2 aromatic heterocycles. The quantitative estimate of drug-likeness (QED) is 0.184. The Morgan fingerprint density at radius 3 is 2.40 bits per heavy atom. The molecule has 1 spiro atoms. The Morgan fingerprint density at radius 1 is 0.644 bits per heavy atom. The van der Waals surface area contributed by atoms with E-state index >= 15 is 0 Å². The summed E-state index contributed by atoms with van der Waals surface area (Å²) in [7, 11) is 0. The first kappa shape index (κ1) is 25.2. The van der Waals surface area contributed by atoms with Crippen LogP contribution in [0.3, 0.4) is 0 Å². The maximum Gasteiger partial charge on any atom is 0.165 e. The van der Waals surface area contributed by atoms with Crippen molar-refractivity contribution in [2.75, 3.05) is 4.90 Å². The molecule has 0 bridgehead atoms. The summed E-state index contributed by atoms with van der Waals surface area (Å²) in [6.45, 7) is 0. The van der Waals surface area contributed by atoms with Gasteiger partial charge in [-0.3, -0.25) is 9.97 Å². The lowest BCUT2D eigenvalue weighted by Gasteiger charge is -2.41. The summed E-state index contributed by atoms with van der Waals surface area (Å²) in [4.78, 5) is 14.3. The second kappa shape index (κ2) is 9.21. The number of rotatable bonds is 1. The summed E-state index contributed by atoms with van der Waals surface area (Å²) in [6, 6.07) is 42.8. The summed E-state index contributed by atoms with van der Waals surface area (Å²) in [5, 5.41) is 3.00. The van der Waals surface area contributed by atoms with Gasteiger partial charge in [-0.05, 0) is 76.0 Å². The van der Waals surface area contributed by atoms with Gasteiger partial charge in [0.2, 0.25) is 0 Å². The Hall–Kier alpha value is -5.10. The molecule has 0 amide bonds. The van der Waals surface area contributed by atoms with Crippen LogP contribution in [0.5, 0.6) is 11.5 Å². The van der Waals surface area contributed by atoms with Crippen molar-refractivity contribution in [3.05, 3.63) is 161 Å². The van der Waals surface area contributed by atoms with Crippen LogP contribution in [0.1, 0.15) is 22.3 Å². The van der Waals surface area contributed by atoms with E-state index in [0.29, 0.717) is 5.02 Å². The normalized spacial score (nSPS) is 16.7. The van der Waals surface area contributed by atoms with Crippen molar-refractivity contribution < 1.29 is 4.74 Å². The molecule has 0 radical (unpaired) electrons. The van der Waals surface area contributed by atoms with Crippen LogP contribution in [0.2, 0.25) is 5.02 Å². The number of pyridine rings is 2. The molecule has 1 atom stereocenters. The molecule has 45 heavy (non-hydrogen) atoms. The van der Waals surface area contributed by atoms with Gasteiger partial charge in [0.15, 0.2) is 11.5 Å². The largest absolute Gasteiger partial charge is 0.452 e. The third kappa shape index (κ3) is 3.34. The minimum absolute atomic E-state index is 0.601. The van der Waals surface area contributed by atoms with E-state index in [0.717, 1.165) is 61.5 Å². The zero-order chi connectivity index (χ0) is 29.7. The Kier molecular flexibility index (Phi) is 5.17. The lowest BCUT2D eigenvalue weighted by atomic mass is 9.67. The second-order valence-electron chi connectivity index (χ2n) is 11.5. The SMILES string of the molecule is Clc1cnc2c(c1)C1(c3ccccc3Sc3c1ccc1c3Oc3ccccc3N1c1ccc3ccccc3c1)c1cccnc1-2. The molecule has 4 nitrogen and oxygen atoms in total. The van der Waals surface area contributed by atoms with E-state index in [1.54, 1.807) is 18.0 Å². The van der Waals surface area contributed by atoms with Gasteiger partial charge in [-0.25, -0.2) is 0 Å². The minimum atomic E-state index is -0.656. The molecule has 4 heterocycles. The van der Waals surface area contributed by atoms with Gasteiger partial charge in [-0.1, -0.05) is 96.2 Å². The first-order valence-electron chi connectivity index (χ1n) is 14.8. The Bertz CT molecular complexity index is 2390. The molecule has 212 valence electrons. The number of halogens is 1. The minimum Gasteiger partial charge on any atom is -0.452 e. The number of hydrogen-bond donors (Lipinski definition) is 0. The van der Waals surface area contributed by atoms with Crippen LogP contribution in [0.4, 0.5) is 17.1 Å². The van der Waals surface area contributed by atoms with Crippen molar-refractivity contribution in [1.82, 2.24) is 9.97 Å². The fourth-order valence-electron chi connectivity index (χ4n) is 7.44. The van der Waals surface area contributed by atoms with Crippen molar-refractivity contribution in [2.24, 2.45) is 0 Å². The highest BCUT2D eigenvalue weighted by molar-refractivity contribution is 7.99. The van der Waals surface area contributed by atoms with E-state index in [1.165, 1.54) is 21.2 Å². The van der Waals surface area contributed by atoms with Crippen LogP contribution < -0.4 is 9.64 Å². The van der Waals surface area contributed by atoms with E-state index in [-0.39, 0.29) is 0 Å². The van der Waals surface area contributed by atoms with E-state index in [4.69, 9.17) is 26.3 Å². The third-order valence-electron chi connectivity index (χ3n) is 9.24. The fourth-order valence-corrected chi connectivity index (χ4v) is 8.87. The Labute approximate surface area is 268 Å². The molecule has 7 aromatic rings. The number of anilines is 3. The molecule has 10 rings (SSSR count). The molecule has 0 N–H and O–H groups in total. The van der Waals surface area contributed by atoms with Crippen LogP contribution in [0, 0.1) is 0 Å². The number of hydrogen-bond acceptors (Lipinski definition) is 5. The van der Waals surface area contributed by atoms with E-state index < -0.39 is 5.41 Å². The van der Waals surface area contributed by atoms with Crippen molar-refractivity contribution in [3.8, 4) is 22.9 Å². The predicted molar refractivity (Wildman–Crippen MR) is 181 cm³/mol. The average molecular weight is 616 g/mol. The van der Waals surface area contributed by atoms with Crippen LogP contribution in [-0.2, 0) is 5.41 Å². The number of fused-ring (bicyclic) bond motifs is 13. The molecule has 0 saturated carbocycles. The third-order valence-corrected chi connectivity index (χ3v) is 10.6. The van der Waals surface area contributed by atoms with Crippen LogP contribution in [-0.4, -0.2) is 9.97 Å². The highest BCUT2D eigenvalue weighted by Crippen LogP contribution is 2.65. The Morgan fingerprint density at radius 2 is 1.44 bits per heavy atom. The fraction of sp³-hybridized carbons (Fsp3) is 0.0256. The summed E-state index contributed by atoms with van der Waals surface area (Å²) >= 11 is 8.46. The molecular weight excluding hydrogens is 594 g/mol. The highest BCUT2D eigenvalue weighted by atomic mass is 35.5. The maximum atomic E-state index is 6.91. The summed E-state index contributed by atoms with van der Waals surface area (Å²) in [5.41, 5.74) is 8.67. The van der Waals surface area contributed by atoms with Gasteiger partial charge >= 0.3 is 0 Å². The first-order chi connectivity index (χ1) is 22.2. The zero-order valence-electron chi connectivity index (χ0n) is 23.7. The number of aromatic nitrogens is 2. The molecule has 2 aliphatic heterocycles. The summed E-state index contributed by atoms with van der Waals surface area (Å²) in [6.07, 6.45) is 3.56. The molecule has 0 fully saturated rings. The number of ether oxygens (including phenoxy) is 1. The molecule has 1 unspecified atom stereocenters. The summed E-state index contributed by atoms with van der Waals surface area (Å²) < 4.78 is 6.91. The smallest absolute Gasteiger partial charge is 0.165 e. The van der Waals surface area contributed by atoms with Gasteiger partial charge in [0.1, 0.15) is 0 Å². The monoisotopic (exact) mass is 615 g/mol. The number of para-hydroxylation sites is 2. The molecular formula is C39H22ClN3OS. The molecule has 6 heteroatoms. The second-order valence-corrected chi connectivity index (χ2v) is 13.0. The lowest BCUT2D eigenvalue weighted by molar-refractivity contribution is 0.461. The maximum absolute atomic E-state index is 6.91. The predicted octanol–water partition coefficient (Wildman–Crippen LogP) is 10.7. The van der Waals surface area contributed by atoms with Gasteiger partial charge in [0, 0.05) is 28.5 Å². The zero-order valence-corrected chi connectivity index (χ0v) is 25.3. The van der Waals surface area contributed by atoms with E-state index in [9.17, 15) is 0 Å².